The van der Waals surface area contributed by atoms with Crippen LogP contribution in [0.25, 0.3) is 11.0 Å². The molecule has 0 aliphatic carbocycles. The largest absolute Gasteiger partial charge is 0.422 e. The van der Waals surface area contributed by atoms with Gasteiger partial charge in [0.25, 0.3) is 0 Å². The Bertz CT molecular complexity index is 1090. The maximum absolute atomic E-state index is 13.3. The number of hydrogen-bond acceptors (Lipinski definition) is 4. The number of benzene rings is 2. The van der Waals surface area contributed by atoms with E-state index in [1.54, 1.807) is 18.2 Å². The molecule has 0 spiro atoms. The van der Waals surface area contributed by atoms with E-state index in [1.165, 1.54) is 19.1 Å². The molecule has 118 valence electrons. The Balaban J connectivity index is 2.27. The smallest absolute Gasteiger partial charge is 0.355 e. The highest BCUT2D eigenvalue weighted by molar-refractivity contribution is 9.10. The highest BCUT2D eigenvalue weighted by atomic mass is 79.9. The van der Waals surface area contributed by atoms with Crippen molar-refractivity contribution in [1.82, 2.24) is 0 Å². The van der Waals surface area contributed by atoms with Crippen LogP contribution in [0.3, 0.4) is 0 Å². The second kappa shape index (κ2) is 5.58. The third-order valence-corrected chi connectivity index (χ3v) is 5.62. The summed E-state index contributed by atoms with van der Waals surface area (Å²) in [5, 5.41) is 0.469. The van der Waals surface area contributed by atoms with Crippen molar-refractivity contribution in [3.05, 3.63) is 68.7 Å². The Hall–Kier alpha value is -1.99. The van der Waals surface area contributed by atoms with Crippen molar-refractivity contribution in [2.24, 2.45) is 0 Å². The first kappa shape index (κ1) is 15.9. The van der Waals surface area contributed by atoms with Gasteiger partial charge in [-0.05, 0) is 55.0 Å². The standard InChI is InChI=1S/C16H10BrFO4S/c1-9-6-12(3-4-13(9)18)23(20,21)15-8-10-7-11(17)2-5-14(10)22-16(15)19/h2-8H,1H3. The van der Waals surface area contributed by atoms with Crippen molar-refractivity contribution >= 4 is 36.7 Å². The molecule has 0 N–H and O–H groups in total. The molecule has 3 aromatic rings. The number of rotatable bonds is 2. The molecule has 0 atom stereocenters. The normalized spacial score (nSPS) is 11.8. The summed E-state index contributed by atoms with van der Waals surface area (Å²) >= 11 is 3.28. The zero-order valence-electron chi connectivity index (χ0n) is 11.8. The summed E-state index contributed by atoms with van der Waals surface area (Å²) in [4.78, 5) is 11.4. The van der Waals surface area contributed by atoms with Gasteiger partial charge in [0.15, 0.2) is 4.90 Å². The van der Waals surface area contributed by atoms with Gasteiger partial charge in [-0.2, -0.15) is 0 Å². The minimum Gasteiger partial charge on any atom is -0.422 e. The van der Waals surface area contributed by atoms with Crippen molar-refractivity contribution in [2.45, 2.75) is 16.7 Å². The number of fused-ring (bicyclic) bond motifs is 1. The molecule has 1 heterocycles. The minimum atomic E-state index is -4.10. The van der Waals surface area contributed by atoms with Crippen molar-refractivity contribution in [2.75, 3.05) is 0 Å². The topological polar surface area (TPSA) is 64.3 Å². The molecule has 0 unspecified atom stereocenters. The van der Waals surface area contributed by atoms with Crippen LogP contribution in [-0.4, -0.2) is 8.42 Å². The third-order valence-electron chi connectivity index (χ3n) is 3.39. The fourth-order valence-corrected chi connectivity index (χ4v) is 3.93. The van der Waals surface area contributed by atoms with E-state index in [9.17, 15) is 17.6 Å². The van der Waals surface area contributed by atoms with Crippen LogP contribution in [0.1, 0.15) is 5.56 Å². The first-order chi connectivity index (χ1) is 10.8. The zero-order valence-corrected chi connectivity index (χ0v) is 14.2. The molecular weight excluding hydrogens is 387 g/mol. The van der Waals surface area contributed by atoms with Gasteiger partial charge >= 0.3 is 5.63 Å². The van der Waals surface area contributed by atoms with Gasteiger partial charge in [-0.1, -0.05) is 15.9 Å². The van der Waals surface area contributed by atoms with E-state index in [-0.39, 0.29) is 16.0 Å². The molecule has 2 aromatic carbocycles. The highest BCUT2D eigenvalue weighted by Crippen LogP contribution is 2.25. The molecule has 0 radical (unpaired) electrons. The fraction of sp³-hybridized carbons (Fsp3) is 0.0625. The molecule has 0 aliphatic rings. The lowest BCUT2D eigenvalue weighted by Crippen LogP contribution is -2.14. The van der Waals surface area contributed by atoms with Gasteiger partial charge in [-0.25, -0.2) is 17.6 Å². The van der Waals surface area contributed by atoms with Crippen LogP contribution in [-0.2, 0) is 9.84 Å². The van der Waals surface area contributed by atoms with E-state index in [1.807, 2.05) is 0 Å². The molecule has 0 bridgehead atoms. The monoisotopic (exact) mass is 396 g/mol. The van der Waals surface area contributed by atoms with Crippen molar-refractivity contribution < 1.29 is 17.2 Å². The van der Waals surface area contributed by atoms with Crippen molar-refractivity contribution in [3.63, 3.8) is 0 Å². The van der Waals surface area contributed by atoms with Crippen LogP contribution in [0.2, 0.25) is 0 Å². The number of hydrogen-bond donors (Lipinski definition) is 0. The summed E-state index contributed by atoms with van der Waals surface area (Å²) in [5.74, 6) is -0.515. The van der Waals surface area contributed by atoms with Crippen LogP contribution in [0.4, 0.5) is 4.39 Å². The van der Waals surface area contributed by atoms with Gasteiger partial charge in [0, 0.05) is 9.86 Å². The van der Waals surface area contributed by atoms with Crippen LogP contribution in [0, 0.1) is 12.7 Å². The van der Waals surface area contributed by atoms with E-state index in [0.717, 1.165) is 16.6 Å². The zero-order chi connectivity index (χ0) is 16.8. The summed E-state index contributed by atoms with van der Waals surface area (Å²) in [7, 11) is -4.10. The Labute approximate surface area is 139 Å². The van der Waals surface area contributed by atoms with E-state index >= 15 is 0 Å². The predicted molar refractivity (Wildman–Crippen MR) is 86.8 cm³/mol. The van der Waals surface area contributed by atoms with E-state index in [4.69, 9.17) is 4.42 Å². The molecule has 3 rings (SSSR count). The molecule has 7 heteroatoms. The maximum atomic E-state index is 13.3. The first-order valence-electron chi connectivity index (χ1n) is 6.54. The van der Waals surface area contributed by atoms with E-state index in [2.05, 4.69) is 15.9 Å². The molecule has 1 aromatic heterocycles. The Kier molecular flexibility index (Phi) is 3.85. The number of halogens is 2. The van der Waals surface area contributed by atoms with Crippen LogP contribution in [0.5, 0.6) is 0 Å². The molecule has 0 saturated heterocycles. The Morgan fingerprint density at radius 3 is 2.52 bits per heavy atom. The van der Waals surface area contributed by atoms with Gasteiger partial charge in [0.1, 0.15) is 11.4 Å². The Morgan fingerprint density at radius 2 is 1.83 bits per heavy atom. The van der Waals surface area contributed by atoms with Gasteiger partial charge in [-0.3, -0.25) is 0 Å². The summed E-state index contributed by atoms with van der Waals surface area (Å²) in [6.07, 6.45) is 0. The first-order valence-corrected chi connectivity index (χ1v) is 8.81. The molecular formula is C16H10BrFO4S. The van der Waals surface area contributed by atoms with E-state index in [0.29, 0.717) is 5.39 Å². The van der Waals surface area contributed by atoms with Gasteiger partial charge in [-0.15, -0.1) is 0 Å². The SMILES string of the molecule is Cc1cc(S(=O)(=O)c2cc3cc(Br)ccc3oc2=O)ccc1F. The van der Waals surface area contributed by atoms with Gasteiger partial charge in [0.05, 0.1) is 4.90 Å². The van der Waals surface area contributed by atoms with Gasteiger partial charge < -0.3 is 4.42 Å². The average molecular weight is 397 g/mol. The second-order valence-corrected chi connectivity index (χ2v) is 7.83. The predicted octanol–water partition coefficient (Wildman–Crippen LogP) is 3.84. The summed E-state index contributed by atoms with van der Waals surface area (Å²) in [5.41, 5.74) is -0.492. The summed E-state index contributed by atoms with van der Waals surface area (Å²) in [6, 6.07) is 9.54. The van der Waals surface area contributed by atoms with Crippen LogP contribution >= 0.6 is 15.9 Å². The van der Waals surface area contributed by atoms with Crippen molar-refractivity contribution in [3.8, 4) is 0 Å². The molecule has 23 heavy (non-hydrogen) atoms. The quantitative estimate of drug-likeness (QED) is 0.487. The van der Waals surface area contributed by atoms with Crippen LogP contribution in [0.15, 0.2) is 65.9 Å². The maximum Gasteiger partial charge on any atom is 0.355 e. The third kappa shape index (κ3) is 2.82. The number of aryl methyl sites for hydroxylation is 1. The summed E-state index contributed by atoms with van der Waals surface area (Å²) < 4.78 is 44.4. The molecule has 4 nitrogen and oxygen atoms in total. The molecule has 0 fully saturated rings. The molecule has 0 saturated carbocycles. The minimum absolute atomic E-state index is 0.155. The summed E-state index contributed by atoms with van der Waals surface area (Å²) in [6.45, 7) is 1.45. The fourth-order valence-electron chi connectivity index (χ4n) is 2.17. The highest BCUT2D eigenvalue weighted by Gasteiger charge is 2.24. The molecule has 0 aliphatic heterocycles. The molecule has 0 amide bonds. The van der Waals surface area contributed by atoms with Gasteiger partial charge in [0.2, 0.25) is 9.84 Å². The average Bonchev–Trinajstić information content (AvgIpc) is 2.49. The second-order valence-electron chi connectivity index (χ2n) is 4.99. The number of sulfone groups is 1. The lowest BCUT2D eigenvalue weighted by Gasteiger charge is -2.06. The lowest BCUT2D eigenvalue weighted by atomic mass is 10.2. The lowest BCUT2D eigenvalue weighted by molar-refractivity contribution is 0.532. The Morgan fingerprint density at radius 1 is 1.09 bits per heavy atom. The van der Waals surface area contributed by atoms with Crippen molar-refractivity contribution in [1.29, 1.82) is 0 Å². The van der Waals surface area contributed by atoms with E-state index < -0.39 is 26.2 Å². The van der Waals surface area contributed by atoms with Crippen LogP contribution < -0.4 is 5.63 Å².